The Bertz CT molecular complexity index is 936. The molecule has 0 saturated carbocycles. The molecular weight excluding hydrogens is 315 g/mol. The third-order valence-electron chi connectivity index (χ3n) is 4.57. The second-order valence-corrected chi connectivity index (χ2v) is 6.73. The molecule has 0 bridgehead atoms. The van der Waals surface area contributed by atoms with Gasteiger partial charge in [-0.2, -0.15) is 0 Å². The van der Waals surface area contributed by atoms with Crippen molar-refractivity contribution >= 4 is 16.8 Å². The number of hydrogen-bond donors (Lipinski definition) is 2. The Morgan fingerprint density at radius 1 is 1.08 bits per heavy atom. The first kappa shape index (κ1) is 17.2. The van der Waals surface area contributed by atoms with Crippen molar-refractivity contribution in [2.75, 3.05) is 6.54 Å². The number of carbonyl (C=O) groups is 1. The van der Waals surface area contributed by atoms with Crippen LogP contribution in [0.5, 0.6) is 0 Å². The molecule has 0 unspecified atom stereocenters. The maximum absolute atomic E-state index is 14.0. The van der Waals surface area contributed by atoms with Gasteiger partial charge in [-0.15, -0.1) is 0 Å². The molecule has 1 heterocycles. The Kier molecular flexibility index (Phi) is 4.62. The minimum Gasteiger partial charge on any atom is -0.356 e. The van der Waals surface area contributed by atoms with Crippen molar-refractivity contribution in [3.8, 4) is 0 Å². The van der Waals surface area contributed by atoms with Crippen LogP contribution in [0.4, 0.5) is 4.39 Å². The molecule has 25 heavy (non-hydrogen) atoms. The molecule has 0 radical (unpaired) electrons. The largest absolute Gasteiger partial charge is 0.356 e. The molecule has 0 aliphatic carbocycles. The third-order valence-corrected chi connectivity index (χ3v) is 4.57. The molecule has 1 amide bonds. The molecular formula is C21H23FN2O. The highest BCUT2D eigenvalue weighted by molar-refractivity contribution is 5.94. The van der Waals surface area contributed by atoms with Crippen LogP contribution in [0.3, 0.4) is 0 Å². The molecule has 3 rings (SSSR count). The fourth-order valence-corrected chi connectivity index (χ4v) is 3.46. The topological polar surface area (TPSA) is 44.9 Å². The van der Waals surface area contributed by atoms with Gasteiger partial charge in [-0.1, -0.05) is 23.3 Å². The average molecular weight is 338 g/mol. The lowest BCUT2D eigenvalue weighted by molar-refractivity contribution is 0.0954. The van der Waals surface area contributed by atoms with Crippen LogP contribution in [-0.4, -0.2) is 17.4 Å². The van der Waals surface area contributed by atoms with Gasteiger partial charge in [0.25, 0.3) is 5.91 Å². The van der Waals surface area contributed by atoms with Crippen LogP contribution in [0.1, 0.15) is 38.3 Å². The normalized spacial score (nSPS) is 11.1. The SMILES string of the molecule is Cc1cc(C)cc(C(=O)NCCc2c(C)[nH]c3c(F)ccc(C)c23)c1. The Balaban J connectivity index is 1.76. The zero-order valence-corrected chi connectivity index (χ0v) is 15.1. The highest BCUT2D eigenvalue weighted by Crippen LogP contribution is 2.27. The summed E-state index contributed by atoms with van der Waals surface area (Å²) < 4.78 is 14.0. The van der Waals surface area contributed by atoms with Crippen molar-refractivity contribution in [2.45, 2.75) is 34.1 Å². The van der Waals surface area contributed by atoms with Gasteiger partial charge in [0.1, 0.15) is 5.82 Å². The van der Waals surface area contributed by atoms with Gasteiger partial charge in [-0.3, -0.25) is 4.79 Å². The monoisotopic (exact) mass is 338 g/mol. The van der Waals surface area contributed by atoms with E-state index >= 15 is 0 Å². The van der Waals surface area contributed by atoms with Crippen molar-refractivity contribution in [3.63, 3.8) is 0 Å². The van der Waals surface area contributed by atoms with Gasteiger partial charge in [0.2, 0.25) is 0 Å². The molecule has 2 aromatic carbocycles. The molecule has 130 valence electrons. The number of nitrogens with one attached hydrogen (secondary N) is 2. The predicted octanol–water partition coefficient (Wildman–Crippen LogP) is 4.51. The summed E-state index contributed by atoms with van der Waals surface area (Å²) in [4.78, 5) is 15.5. The summed E-state index contributed by atoms with van der Waals surface area (Å²) in [6, 6.07) is 9.10. The molecule has 0 aliphatic rings. The lowest BCUT2D eigenvalue weighted by Gasteiger charge is -2.08. The van der Waals surface area contributed by atoms with E-state index in [9.17, 15) is 9.18 Å². The molecule has 0 atom stereocenters. The van der Waals surface area contributed by atoms with Crippen LogP contribution in [0.15, 0.2) is 30.3 Å². The molecule has 0 spiro atoms. The fraction of sp³-hybridized carbons (Fsp3) is 0.286. The number of aromatic nitrogens is 1. The molecule has 4 heteroatoms. The fourth-order valence-electron chi connectivity index (χ4n) is 3.46. The number of rotatable bonds is 4. The number of benzene rings is 2. The van der Waals surface area contributed by atoms with Crippen LogP contribution in [0.25, 0.3) is 10.9 Å². The average Bonchev–Trinajstić information content (AvgIpc) is 2.88. The van der Waals surface area contributed by atoms with E-state index in [4.69, 9.17) is 0 Å². The Labute approximate surface area is 147 Å². The summed E-state index contributed by atoms with van der Waals surface area (Å²) in [6.07, 6.45) is 0.659. The molecule has 2 N–H and O–H groups in total. The number of amides is 1. The molecule has 1 aromatic heterocycles. The second-order valence-electron chi connectivity index (χ2n) is 6.73. The minimum absolute atomic E-state index is 0.0767. The van der Waals surface area contributed by atoms with E-state index in [1.165, 1.54) is 6.07 Å². The highest BCUT2D eigenvalue weighted by atomic mass is 19.1. The number of halogens is 1. The van der Waals surface area contributed by atoms with Crippen LogP contribution >= 0.6 is 0 Å². The lowest BCUT2D eigenvalue weighted by Crippen LogP contribution is -2.26. The van der Waals surface area contributed by atoms with E-state index in [0.717, 1.165) is 33.3 Å². The molecule has 0 saturated heterocycles. The Hall–Kier alpha value is -2.62. The zero-order valence-electron chi connectivity index (χ0n) is 15.1. The van der Waals surface area contributed by atoms with Crippen LogP contribution in [-0.2, 0) is 6.42 Å². The van der Waals surface area contributed by atoms with Gasteiger partial charge >= 0.3 is 0 Å². The van der Waals surface area contributed by atoms with E-state index in [0.29, 0.717) is 24.0 Å². The zero-order chi connectivity index (χ0) is 18.1. The standard InChI is InChI=1S/C21H23FN2O/c1-12-9-13(2)11-16(10-12)21(25)23-8-7-17-15(4)24-20-18(22)6-5-14(3)19(17)20/h5-6,9-11,24H,7-8H2,1-4H3,(H,23,25). The van der Waals surface area contributed by atoms with E-state index in [2.05, 4.69) is 10.3 Å². The van der Waals surface area contributed by atoms with Gasteiger partial charge in [-0.05, 0) is 63.4 Å². The van der Waals surface area contributed by atoms with Crippen molar-refractivity contribution < 1.29 is 9.18 Å². The first-order valence-electron chi connectivity index (χ1n) is 8.49. The van der Waals surface area contributed by atoms with Crippen LogP contribution in [0.2, 0.25) is 0 Å². The second kappa shape index (κ2) is 6.71. The van der Waals surface area contributed by atoms with Gasteiger partial charge in [-0.25, -0.2) is 4.39 Å². The van der Waals surface area contributed by atoms with Gasteiger partial charge < -0.3 is 10.3 Å². The first-order valence-corrected chi connectivity index (χ1v) is 8.49. The Morgan fingerprint density at radius 2 is 1.76 bits per heavy atom. The summed E-state index contributed by atoms with van der Waals surface area (Å²) >= 11 is 0. The van der Waals surface area contributed by atoms with E-state index in [1.807, 2.05) is 45.9 Å². The third kappa shape index (κ3) is 3.43. The smallest absolute Gasteiger partial charge is 0.251 e. The van der Waals surface area contributed by atoms with E-state index < -0.39 is 0 Å². The number of aromatic amines is 1. The summed E-state index contributed by atoms with van der Waals surface area (Å²) in [6.45, 7) is 8.40. The van der Waals surface area contributed by atoms with Crippen molar-refractivity contribution in [1.82, 2.24) is 10.3 Å². The molecule has 3 aromatic rings. The minimum atomic E-state index is -0.241. The van der Waals surface area contributed by atoms with Gasteiger partial charge in [0.15, 0.2) is 0 Å². The molecule has 0 aliphatic heterocycles. The van der Waals surface area contributed by atoms with Crippen molar-refractivity contribution in [3.05, 3.63) is 69.7 Å². The number of aryl methyl sites for hydroxylation is 4. The highest BCUT2D eigenvalue weighted by Gasteiger charge is 2.14. The molecule has 3 nitrogen and oxygen atoms in total. The maximum Gasteiger partial charge on any atom is 0.251 e. The van der Waals surface area contributed by atoms with E-state index in [1.54, 1.807) is 6.07 Å². The van der Waals surface area contributed by atoms with Crippen LogP contribution in [0, 0.1) is 33.5 Å². The number of fused-ring (bicyclic) bond motifs is 1. The number of carbonyl (C=O) groups excluding carboxylic acids is 1. The lowest BCUT2D eigenvalue weighted by atomic mass is 10.0. The van der Waals surface area contributed by atoms with Crippen molar-refractivity contribution in [2.24, 2.45) is 0 Å². The maximum atomic E-state index is 14.0. The summed E-state index contributed by atoms with van der Waals surface area (Å²) in [5.74, 6) is -0.318. The Morgan fingerprint density at radius 3 is 2.44 bits per heavy atom. The summed E-state index contributed by atoms with van der Waals surface area (Å²) in [5.41, 5.74) is 6.42. The number of H-pyrrole nitrogens is 1. The van der Waals surface area contributed by atoms with E-state index in [-0.39, 0.29) is 11.7 Å². The summed E-state index contributed by atoms with van der Waals surface area (Å²) in [7, 11) is 0. The van der Waals surface area contributed by atoms with Gasteiger partial charge in [0, 0.05) is 23.2 Å². The van der Waals surface area contributed by atoms with Gasteiger partial charge in [0.05, 0.1) is 5.52 Å². The summed E-state index contributed by atoms with van der Waals surface area (Å²) in [5, 5.41) is 3.90. The number of hydrogen-bond acceptors (Lipinski definition) is 1. The first-order chi connectivity index (χ1) is 11.9. The quantitative estimate of drug-likeness (QED) is 0.722. The molecule has 0 fully saturated rings. The predicted molar refractivity (Wildman–Crippen MR) is 99.7 cm³/mol. The van der Waals surface area contributed by atoms with Crippen molar-refractivity contribution in [1.29, 1.82) is 0 Å². The van der Waals surface area contributed by atoms with Crippen LogP contribution < -0.4 is 5.32 Å².